The minimum Gasteiger partial charge on any atom is -0.396 e. The van der Waals surface area contributed by atoms with Crippen LogP contribution in [0.4, 0.5) is 4.39 Å². The van der Waals surface area contributed by atoms with Crippen molar-refractivity contribution < 1.29 is 9.50 Å². The first-order valence-corrected chi connectivity index (χ1v) is 5.89. The number of hydrogen-bond acceptors (Lipinski definition) is 3. The molecule has 0 amide bonds. The third-order valence-corrected chi connectivity index (χ3v) is 3.59. The van der Waals surface area contributed by atoms with E-state index < -0.39 is 11.0 Å². The van der Waals surface area contributed by atoms with Crippen LogP contribution in [-0.4, -0.2) is 22.2 Å². The van der Waals surface area contributed by atoms with Crippen molar-refractivity contribution in [3.63, 3.8) is 0 Å². The van der Waals surface area contributed by atoms with Crippen molar-refractivity contribution in [2.75, 3.05) is 6.61 Å². The van der Waals surface area contributed by atoms with Crippen LogP contribution in [0.2, 0.25) is 0 Å². The van der Waals surface area contributed by atoms with E-state index in [0.717, 1.165) is 12.1 Å². The lowest BCUT2D eigenvalue weighted by molar-refractivity contribution is 0.166. The summed E-state index contributed by atoms with van der Waals surface area (Å²) < 4.78 is 12.9. The molecule has 1 heterocycles. The van der Waals surface area contributed by atoms with Gasteiger partial charge in [-0.15, -0.1) is 0 Å². The molecular formula is C13H21FN2O. The second-order valence-electron chi connectivity index (χ2n) is 4.99. The SMILES string of the molecule is CCC(CCO)(c1ccc(F)cn1)C(C)(C)N. The summed E-state index contributed by atoms with van der Waals surface area (Å²) in [5.74, 6) is -0.363. The zero-order chi connectivity index (χ0) is 13.1. The summed E-state index contributed by atoms with van der Waals surface area (Å²) in [5, 5.41) is 9.25. The average Bonchev–Trinajstić information content (AvgIpc) is 2.25. The monoisotopic (exact) mass is 240 g/mol. The second kappa shape index (κ2) is 5.10. The number of nitrogens with zero attached hydrogens (tertiary/aromatic N) is 1. The molecule has 0 fully saturated rings. The molecule has 1 aromatic heterocycles. The van der Waals surface area contributed by atoms with E-state index >= 15 is 0 Å². The van der Waals surface area contributed by atoms with E-state index in [4.69, 9.17) is 5.73 Å². The second-order valence-corrected chi connectivity index (χ2v) is 4.99. The van der Waals surface area contributed by atoms with Crippen molar-refractivity contribution in [2.24, 2.45) is 5.73 Å². The highest BCUT2D eigenvalue weighted by molar-refractivity contribution is 5.23. The number of aliphatic hydroxyl groups is 1. The fourth-order valence-corrected chi connectivity index (χ4v) is 2.44. The van der Waals surface area contributed by atoms with Crippen LogP contribution in [0.5, 0.6) is 0 Å². The van der Waals surface area contributed by atoms with Gasteiger partial charge in [-0.2, -0.15) is 0 Å². The Balaban J connectivity index is 3.26. The van der Waals surface area contributed by atoms with Crippen LogP contribution < -0.4 is 5.73 Å². The van der Waals surface area contributed by atoms with E-state index in [-0.39, 0.29) is 12.4 Å². The molecule has 0 spiro atoms. The predicted molar refractivity (Wildman–Crippen MR) is 66.1 cm³/mol. The molecule has 0 aromatic carbocycles. The molecule has 0 aliphatic rings. The molecule has 0 aliphatic carbocycles. The van der Waals surface area contributed by atoms with Crippen LogP contribution in [0, 0.1) is 5.82 Å². The highest BCUT2D eigenvalue weighted by atomic mass is 19.1. The number of pyridine rings is 1. The van der Waals surface area contributed by atoms with E-state index in [9.17, 15) is 9.50 Å². The molecule has 3 N–H and O–H groups in total. The van der Waals surface area contributed by atoms with Gasteiger partial charge in [-0.25, -0.2) is 4.39 Å². The molecule has 0 aliphatic heterocycles. The molecule has 4 heteroatoms. The van der Waals surface area contributed by atoms with Crippen LogP contribution in [0.3, 0.4) is 0 Å². The molecule has 17 heavy (non-hydrogen) atoms. The number of aromatic nitrogens is 1. The van der Waals surface area contributed by atoms with E-state index in [2.05, 4.69) is 4.98 Å². The lowest BCUT2D eigenvalue weighted by Crippen LogP contribution is -2.54. The van der Waals surface area contributed by atoms with E-state index in [1.807, 2.05) is 20.8 Å². The topological polar surface area (TPSA) is 59.1 Å². The Morgan fingerprint density at radius 3 is 2.41 bits per heavy atom. The van der Waals surface area contributed by atoms with Gasteiger partial charge in [-0.05, 0) is 38.8 Å². The quantitative estimate of drug-likeness (QED) is 0.827. The summed E-state index contributed by atoms with van der Waals surface area (Å²) in [6, 6.07) is 3.04. The van der Waals surface area contributed by atoms with Crippen molar-refractivity contribution >= 4 is 0 Å². The number of halogens is 1. The first-order valence-electron chi connectivity index (χ1n) is 5.89. The van der Waals surface area contributed by atoms with Gasteiger partial charge in [0.15, 0.2) is 0 Å². The van der Waals surface area contributed by atoms with Gasteiger partial charge in [-0.1, -0.05) is 6.92 Å². The lowest BCUT2D eigenvalue weighted by atomic mass is 9.65. The maximum atomic E-state index is 12.9. The minimum absolute atomic E-state index is 0.0352. The van der Waals surface area contributed by atoms with Crippen molar-refractivity contribution in [1.29, 1.82) is 0 Å². The van der Waals surface area contributed by atoms with Gasteiger partial charge in [0.1, 0.15) is 5.82 Å². The molecule has 0 radical (unpaired) electrons. The standard InChI is InChI=1S/C13H21FN2O/c1-4-13(7-8-17,12(2,3)15)11-6-5-10(14)9-16-11/h5-6,9,17H,4,7-8,15H2,1-3H3. The van der Waals surface area contributed by atoms with Crippen molar-refractivity contribution in [1.82, 2.24) is 4.98 Å². The fourth-order valence-electron chi connectivity index (χ4n) is 2.44. The predicted octanol–water partition coefficient (Wildman–Crippen LogP) is 1.99. The number of rotatable bonds is 5. The van der Waals surface area contributed by atoms with Crippen LogP contribution in [0.1, 0.15) is 39.3 Å². The minimum atomic E-state index is -0.532. The average molecular weight is 240 g/mol. The van der Waals surface area contributed by atoms with E-state index in [1.54, 1.807) is 6.07 Å². The normalized spacial score (nSPS) is 15.6. The van der Waals surface area contributed by atoms with Gasteiger partial charge in [0.25, 0.3) is 0 Å². The third kappa shape index (κ3) is 2.64. The molecule has 0 saturated carbocycles. The summed E-state index contributed by atoms with van der Waals surface area (Å²) in [4.78, 5) is 4.14. The van der Waals surface area contributed by atoms with Gasteiger partial charge >= 0.3 is 0 Å². The molecular weight excluding hydrogens is 219 g/mol. The maximum Gasteiger partial charge on any atom is 0.141 e. The Labute approximate surface area is 102 Å². The third-order valence-electron chi connectivity index (χ3n) is 3.59. The Morgan fingerprint density at radius 1 is 1.41 bits per heavy atom. The first kappa shape index (κ1) is 14.1. The summed E-state index contributed by atoms with van der Waals surface area (Å²) >= 11 is 0. The lowest BCUT2D eigenvalue weighted by Gasteiger charge is -2.43. The Bertz CT molecular complexity index is 359. The van der Waals surface area contributed by atoms with Gasteiger partial charge in [0, 0.05) is 23.3 Å². The van der Waals surface area contributed by atoms with Crippen LogP contribution in [0.15, 0.2) is 18.3 Å². The zero-order valence-electron chi connectivity index (χ0n) is 10.7. The highest BCUT2D eigenvalue weighted by Gasteiger charge is 2.43. The largest absolute Gasteiger partial charge is 0.396 e. The van der Waals surface area contributed by atoms with Crippen LogP contribution >= 0.6 is 0 Å². The van der Waals surface area contributed by atoms with Crippen LogP contribution in [0.25, 0.3) is 0 Å². The fraction of sp³-hybridized carbons (Fsp3) is 0.615. The molecule has 1 unspecified atom stereocenters. The van der Waals surface area contributed by atoms with Crippen molar-refractivity contribution in [2.45, 2.75) is 44.6 Å². The van der Waals surface area contributed by atoms with Crippen LogP contribution in [-0.2, 0) is 5.41 Å². The Kier molecular flexibility index (Phi) is 4.22. The summed E-state index contributed by atoms with van der Waals surface area (Å²) in [5.41, 5.74) is 6.01. The molecule has 0 saturated heterocycles. The smallest absolute Gasteiger partial charge is 0.141 e. The zero-order valence-corrected chi connectivity index (χ0v) is 10.7. The van der Waals surface area contributed by atoms with Crippen molar-refractivity contribution in [3.05, 3.63) is 29.8 Å². The number of nitrogens with two attached hydrogens (primary N) is 1. The maximum absolute atomic E-state index is 12.9. The molecule has 1 aromatic rings. The van der Waals surface area contributed by atoms with Crippen molar-refractivity contribution in [3.8, 4) is 0 Å². The first-order chi connectivity index (χ1) is 7.87. The summed E-state index contributed by atoms with van der Waals surface area (Å²) in [6.45, 7) is 5.87. The molecule has 1 rings (SSSR count). The Morgan fingerprint density at radius 2 is 2.06 bits per heavy atom. The highest BCUT2D eigenvalue weighted by Crippen LogP contribution is 2.39. The van der Waals surface area contributed by atoms with Gasteiger partial charge in [0.2, 0.25) is 0 Å². The number of hydrogen-bond donors (Lipinski definition) is 2. The molecule has 1 atom stereocenters. The van der Waals surface area contributed by atoms with Gasteiger partial charge < -0.3 is 10.8 Å². The number of aliphatic hydroxyl groups excluding tert-OH is 1. The molecule has 3 nitrogen and oxygen atoms in total. The van der Waals surface area contributed by atoms with Gasteiger partial charge in [0.05, 0.1) is 6.20 Å². The summed E-state index contributed by atoms with van der Waals surface area (Å²) in [7, 11) is 0. The Hall–Kier alpha value is -1.00. The van der Waals surface area contributed by atoms with E-state index in [0.29, 0.717) is 6.42 Å². The summed E-state index contributed by atoms with van der Waals surface area (Å²) in [6.07, 6.45) is 2.46. The van der Waals surface area contributed by atoms with E-state index in [1.165, 1.54) is 12.3 Å². The van der Waals surface area contributed by atoms with Gasteiger partial charge in [-0.3, -0.25) is 4.98 Å². The molecule has 96 valence electrons. The molecule has 0 bridgehead atoms.